The molecule has 3 rings (SSSR count). The number of fused-ring (bicyclic) bond motifs is 1. The van der Waals surface area contributed by atoms with Gasteiger partial charge in [-0.15, -0.1) is 0 Å². The predicted molar refractivity (Wildman–Crippen MR) is 108 cm³/mol. The molecule has 2 heterocycles. The van der Waals surface area contributed by atoms with E-state index < -0.39 is 12.1 Å². The van der Waals surface area contributed by atoms with Crippen LogP contribution in [0.3, 0.4) is 0 Å². The summed E-state index contributed by atoms with van der Waals surface area (Å²) in [5.41, 5.74) is 1.33. The molecule has 2 N–H and O–H groups in total. The van der Waals surface area contributed by atoms with Crippen molar-refractivity contribution in [2.24, 2.45) is 7.05 Å². The molecular weight excluding hydrogens is 388 g/mol. The molecule has 9 nitrogen and oxygen atoms in total. The molecule has 9 heteroatoms. The minimum Gasteiger partial charge on any atom is -0.497 e. The van der Waals surface area contributed by atoms with Crippen molar-refractivity contribution in [2.75, 3.05) is 13.7 Å². The second-order valence-electron chi connectivity index (χ2n) is 6.60. The third kappa shape index (κ3) is 4.50. The molecule has 0 saturated carbocycles. The quantitative estimate of drug-likeness (QED) is 0.544. The van der Waals surface area contributed by atoms with Gasteiger partial charge in [0, 0.05) is 25.4 Å². The van der Waals surface area contributed by atoms with E-state index in [0.717, 1.165) is 5.56 Å². The Morgan fingerprint density at radius 2 is 2.13 bits per heavy atom. The maximum Gasteiger partial charge on any atom is 0.322 e. The molecule has 2 aromatic rings. The molecule has 0 saturated heterocycles. The first-order valence-electron chi connectivity index (χ1n) is 9.07. The van der Waals surface area contributed by atoms with E-state index in [9.17, 15) is 19.2 Å². The summed E-state index contributed by atoms with van der Waals surface area (Å²) in [6.07, 6.45) is 1.85. The maximum absolute atomic E-state index is 12.8. The zero-order chi connectivity index (χ0) is 21.7. The summed E-state index contributed by atoms with van der Waals surface area (Å²) in [5, 5.41) is 4.52. The highest BCUT2D eigenvalue weighted by atomic mass is 16.5. The number of urea groups is 1. The van der Waals surface area contributed by atoms with Crippen LogP contribution in [0, 0.1) is 11.8 Å². The van der Waals surface area contributed by atoms with Crippen LogP contribution in [0.5, 0.6) is 5.75 Å². The first kappa shape index (κ1) is 20.7. The Morgan fingerprint density at radius 1 is 1.33 bits per heavy atom. The van der Waals surface area contributed by atoms with Gasteiger partial charge in [-0.2, -0.15) is 0 Å². The molecule has 4 amide bonds. The Morgan fingerprint density at radius 3 is 2.87 bits per heavy atom. The number of aromatic nitrogens is 1. The standard InChI is InChI=1S/C21H20N4O5/c1-24-9-3-4-14(19(24)27)5-7-16(23-21(29)22-13-26)12-25-11-15-6-8-17(30-2)10-18(15)20(25)28/h3-4,6,8-10,13,16H,11-12H2,1-2H3,(H2,22,23,26,29)/t16-/m1/s1. The van der Waals surface area contributed by atoms with E-state index in [1.165, 1.54) is 16.6 Å². The van der Waals surface area contributed by atoms with Gasteiger partial charge in [-0.3, -0.25) is 19.7 Å². The van der Waals surface area contributed by atoms with Crippen LogP contribution < -0.4 is 20.9 Å². The van der Waals surface area contributed by atoms with Gasteiger partial charge in [0.1, 0.15) is 11.8 Å². The lowest BCUT2D eigenvalue weighted by Crippen LogP contribution is -2.46. The van der Waals surface area contributed by atoms with Gasteiger partial charge in [-0.1, -0.05) is 17.9 Å². The van der Waals surface area contributed by atoms with E-state index in [2.05, 4.69) is 17.2 Å². The number of ether oxygens (including phenoxy) is 1. The molecule has 1 aromatic carbocycles. The van der Waals surface area contributed by atoms with Crippen LogP contribution in [-0.4, -0.2) is 47.5 Å². The van der Waals surface area contributed by atoms with Crippen molar-refractivity contribution in [3.63, 3.8) is 0 Å². The number of benzene rings is 1. The third-order valence-electron chi connectivity index (χ3n) is 4.60. The van der Waals surface area contributed by atoms with E-state index in [1.54, 1.807) is 37.5 Å². The summed E-state index contributed by atoms with van der Waals surface area (Å²) in [6.45, 7) is 0.419. The van der Waals surface area contributed by atoms with Crippen LogP contribution in [0.4, 0.5) is 4.79 Å². The molecule has 154 valence electrons. The Labute approximate surface area is 172 Å². The molecule has 0 bridgehead atoms. The number of amides is 4. The van der Waals surface area contributed by atoms with Gasteiger partial charge in [0.05, 0.1) is 19.2 Å². The number of nitrogens with one attached hydrogen (secondary N) is 2. The molecule has 1 aliphatic heterocycles. The minimum absolute atomic E-state index is 0.0717. The number of imide groups is 1. The van der Waals surface area contributed by atoms with E-state index in [4.69, 9.17) is 4.74 Å². The first-order valence-corrected chi connectivity index (χ1v) is 9.07. The SMILES string of the molecule is COc1ccc2c(c1)C(=O)N(C[C@@H](C#Cc1cccn(C)c1=O)NC(=O)NC=O)C2. The highest BCUT2D eigenvalue weighted by Crippen LogP contribution is 2.26. The van der Waals surface area contributed by atoms with E-state index in [-0.39, 0.29) is 30.0 Å². The monoisotopic (exact) mass is 408 g/mol. The minimum atomic E-state index is -0.810. The highest BCUT2D eigenvalue weighted by molar-refractivity contribution is 5.98. The van der Waals surface area contributed by atoms with Crippen LogP contribution in [0.25, 0.3) is 0 Å². The lowest BCUT2D eigenvalue weighted by Gasteiger charge is -2.21. The molecule has 1 atom stereocenters. The number of methoxy groups -OCH3 is 1. The van der Waals surface area contributed by atoms with Crippen LogP contribution in [0.1, 0.15) is 21.5 Å². The topological polar surface area (TPSA) is 110 Å². The second kappa shape index (κ2) is 8.96. The lowest BCUT2D eigenvalue weighted by molar-refractivity contribution is -0.108. The number of carbonyl (C=O) groups is 3. The Hall–Kier alpha value is -4.06. The van der Waals surface area contributed by atoms with Crippen LogP contribution in [0.15, 0.2) is 41.3 Å². The zero-order valence-electron chi connectivity index (χ0n) is 16.5. The fraction of sp³-hybridized carbons (Fsp3) is 0.238. The van der Waals surface area contributed by atoms with Crippen molar-refractivity contribution < 1.29 is 19.1 Å². The molecule has 1 aliphatic rings. The summed E-state index contributed by atoms with van der Waals surface area (Å²) < 4.78 is 6.56. The predicted octanol–water partition coefficient (Wildman–Crippen LogP) is 0.226. The van der Waals surface area contributed by atoms with Crippen LogP contribution in [0.2, 0.25) is 0 Å². The Kier molecular flexibility index (Phi) is 6.17. The number of pyridine rings is 1. The summed E-state index contributed by atoms with van der Waals surface area (Å²) in [4.78, 5) is 48.8. The molecule has 0 radical (unpaired) electrons. The highest BCUT2D eigenvalue weighted by Gasteiger charge is 2.29. The van der Waals surface area contributed by atoms with Crippen molar-refractivity contribution in [3.05, 3.63) is 63.6 Å². The smallest absolute Gasteiger partial charge is 0.322 e. The van der Waals surface area contributed by atoms with Crippen molar-refractivity contribution in [1.29, 1.82) is 0 Å². The number of nitrogens with zero attached hydrogens (tertiary/aromatic N) is 2. The zero-order valence-corrected chi connectivity index (χ0v) is 16.5. The first-order chi connectivity index (χ1) is 14.4. The lowest BCUT2D eigenvalue weighted by atomic mass is 10.1. The van der Waals surface area contributed by atoms with Gasteiger partial charge in [-0.05, 0) is 29.8 Å². The average molecular weight is 408 g/mol. The number of hydrogen-bond acceptors (Lipinski definition) is 5. The summed E-state index contributed by atoms with van der Waals surface area (Å²) >= 11 is 0. The largest absolute Gasteiger partial charge is 0.497 e. The van der Waals surface area contributed by atoms with Gasteiger partial charge >= 0.3 is 6.03 Å². The van der Waals surface area contributed by atoms with Gasteiger partial charge < -0.3 is 19.5 Å². The van der Waals surface area contributed by atoms with Crippen molar-refractivity contribution in [1.82, 2.24) is 20.1 Å². The average Bonchev–Trinajstić information content (AvgIpc) is 3.03. The fourth-order valence-corrected chi connectivity index (χ4v) is 3.07. The molecule has 0 unspecified atom stereocenters. The van der Waals surface area contributed by atoms with Gasteiger partial charge in [-0.25, -0.2) is 4.79 Å². The van der Waals surface area contributed by atoms with Crippen molar-refractivity contribution >= 4 is 18.3 Å². The summed E-state index contributed by atoms with van der Waals surface area (Å²) in [5.74, 6) is 5.93. The van der Waals surface area contributed by atoms with Crippen LogP contribution >= 0.6 is 0 Å². The summed E-state index contributed by atoms with van der Waals surface area (Å²) in [7, 11) is 3.13. The van der Waals surface area contributed by atoms with E-state index >= 15 is 0 Å². The summed E-state index contributed by atoms with van der Waals surface area (Å²) in [6, 6.07) is 6.94. The normalized spacial score (nSPS) is 13.0. The number of aryl methyl sites for hydroxylation is 1. The van der Waals surface area contributed by atoms with Crippen molar-refractivity contribution in [2.45, 2.75) is 12.6 Å². The van der Waals surface area contributed by atoms with Gasteiger partial charge in [0.25, 0.3) is 11.5 Å². The van der Waals surface area contributed by atoms with E-state index in [0.29, 0.717) is 17.9 Å². The maximum atomic E-state index is 12.8. The van der Waals surface area contributed by atoms with E-state index in [1.807, 2.05) is 11.4 Å². The van der Waals surface area contributed by atoms with Gasteiger partial charge in [0.2, 0.25) is 6.41 Å². The molecule has 1 aromatic heterocycles. The Bertz CT molecular complexity index is 1110. The molecule has 0 fully saturated rings. The molecule has 0 spiro atoms. The number of rotatable bonds is 5. The second-order valence-corrected chi connectivity index (χ2v) is 6.60. The molecular formula is C21H20N4O5. The van der Waals surface area contributed by atoms with Gasteiger partial charge in [0.15, 0.2) is 0 Å². The van der Waals surface area contributed by atoms with Crippen LogP contribution in [-0.2, 0) is 18.4 Å². The number of hydrogen-bond donors (Lipinski definition) is 2. The Balaban J connectivity index is 1.83. The third-order valence-corrected chi connectivity index (χ3v) is 4.60. The fourth-order valence-electron chi connectivity index (χ4n) is 3.07. The van der Waals surface area contributed by atoms with Crippen molar-refractivity contribution in [3.8, 4) is 17.6 Å². The number of carbonyl (C=O) groups excluding carboxylic acids is 3. The molecule has 30 heavy (non-hydrogen) atoms. The molecule has 0 aliphatic carbocycles.